The fourth-order valence-corrected chi connectivity index (χ4v) is 1.88. The first kappa shape index (κ1) is 15.2. The Hall–Kier alpha value is -1.88. The van der Waals surface area contributed by atoms with Gasteiger partial charge in [0.1, 0.15) is 0 Å². The smallest absolute Gasteiger partial charge is 0.308 e. The van der Waals surface area contributed by atoms with Gasteiger partial charge in [-0.2, -0.15) is 0 Å². The van der Waals surface area contributed by atoms with Gasteiger partial charge in [0.15, 0.2) is 0 Å². The Morgan fingerprint density at radius 1 is 1.26 bits per heavy atom. The predicted molar refractivity (Wildman–Crippen MR) is 71.0 cm³/mol. The summed E-state index contributed by atoms with van der Waals surface area (Å²) < 4.78 is 0. The number of benzene rings is 1. The Morgan fingerprint density at radius 2 is 1.95 bits per heavy atom. The van der Waals surface area contributed by atoms with Gasteiger partial charge in [-0.15, -0.1) is 0 Å². The van der Waals surface area contributed by atoms with Crippen molar-refractivity contribution in [3.63, 3.8) is 0 Å². The molecule has 0 heterocycles. The second-order valence-corrected chi connectivity index (χ2v) is 4.69. The minimum absolute atomic E-state index is 0.148. The summed E-state index contributed by atoms with van der Waals surface area (Å²) in [5, 5.41) is 20.5. The van der Waals surface area contributed by atoms with Gasteiger partial charge in [0.05, 0.1) is 12.3 Å². The Balaban J connectivity index is 2.52. The Kier molecular flexibility index (Phi) is 5.51. The van der Waals surface area contributed by atoms with Crippen LogP contribution in [0.4, 0.5) is 0 Å². The molecule has 5 heteroatoms. The third kappa shape index (κ3) is 5.09. The summed E-state index contributed by atoms with van der Waals surface area (Å²) in [5.74, 6) is -3.08. The molecule has 0 amide bonds. The van der Waals surface area contributed by atoms with E-state index in [0.717, 1.165) is 11.1 Å². The molecule has 0 radical (unpaired) electrons. The monoisotopic (exact) mass is 265 g/mol. The summed E-state index contributed by atoms with van der Waals surface area (Å²) in [6.45, 7) is 4.69. The van der Waals surface area contributed by atoms with Crippen LogP contribution in [0, 0.1) is 19.8 Å². The normalized spacial score (nSPS) is 12.1. The molecule has 0 fully saturated rings. The van der Waals surface area contributed by atoms with E-state index in [1.165, 1.54) is 5.56 Å². The van der Waals surface area contributed by atoms with E-state index in [-0.39, 0.29) is 13.0 Å². The van der Waals surface area contributed by atoms with Crippen LogP contribution in [0.15, 0.2) is 18.2 Å². The summed E-state index contributed by atoms with van der Waals surface area (Å²) in [4.78, 5) is 21.4. The van der Waals surface area contributed by atoms with Crippen molar-refractivity contribution < 1.29 is 19.8 Å². The molecule has 1 atom stereocenters. The standard InChI is InChI=1S/C14H19NO4/c1-9-3-4-11(10(2)5-9)7-15-8-12(14(18)19)6-13(16)17/h3-5,12,15H,6-8H2,1-2H3,(H,16,17)(H,18,19). The second kappa shape index (κ2) is 6.89. The van der Waals surface area contributed by atoms with Gasteiger partial charge in [0.25, 0.3) is 0 Å². The molecule has 0 aromatic heterocycles. The highest BCUT2D eigenvalue weighted by molar-refractivity contribution is 5.77. The summed E-state index contributed by atoms with van der Waals surface area (Å²) in [6.07, 6.45) is -0.366. The first-order valence-electron chi connectivity index (χ1n) is 6.11. The van der Waals surface area contributed by atoms with Crippen LogP contribution < -0.4 is 5.32 Å². The van der Waals surface area contributed by atoms with Crippen molar-refractivity contribution in [3.05, 3.63) is 34.9 Å². The van der Waals surface area contributed by atoms with Crippen molar-refractivity contribution in [3.8, 4) is 0 Å². The van der Waals surface area contributed by atoms with Crippen LogP contribution in [-0.4, -0.2) is 28.7 Å². The fraction of sp³-hybridized carbons (Fsp3) is 0.429. The molecule has 0 saturated carbocycles. The molecule has 0 bridgehead atoms. The molecular weight excluding hydrogens is 246 g/mol. The molecule has 1 unspecified atom stereocenters. The van der Waals surface area contributed by atoms with Crippen molar-refractivity contribution in [1.29, 1.82) is 0 Å². The van der Waals surface area contributed by atoms with Gasteiger partial charge in [-0.3, -0.25) is 9.59 Å². The molecule has 1 aromatic rings. The van der Waals surface area contributed by atoms with Crippen molar-refractivity contribution in [1.82, 2.24) is 5.32 Å². The van der Waals surface area contributed by atoms with E-state index in [9.17, 15) is 9.59 Å². The van der Waals surface area contributed by atoms with Gasteiger partial charge < -0.3 is 15.5 Å². The fourth-order valence-electron chi connectivity index (χ4n) is 1.88. The summed E-state index contributed by atoms with van der Waals surface area (Å²) in [6, 6.07) is 6.05. The summed E-state index contributed by atoms with van der Waals surface area (Å²) in [7, 11) is 0. The number of aryl methyl sites for hydroxylation is 2. The molecular formula is C14H19NO4. The largest absolute Gasteiger partial charge is 0.481 e. The van der Waals surface area contributed by atoms with Crippen molar-refractivity contribution in [2.24, 2.45) is 5.92 Å². The van der Waals surface area contributed by atoms with Crippen LogP contribution in [-0.2, 0) is 16.1 Å². The van der Waals surface area contributed by atoms with E-state index in [2.05, 4.69) is 11.4 Å². The first-order valence-corrected chi connectivity index (χ1v) is 6.11. The lowest BCUT2D eigenvalue weighted by atomic mass is 10.0. The van der Waals surface area contributed by atoms with Crippen LogP contribution in [0.2, 0.25) is 0 Å². The maximum atomic E-state index is 10.9. The zero-order valence-corrected chi connectivity index (χ0v) is 11.1. The van der Waals surface area contributed by atoms with E-state index in [4.69, 9.17) is 10.2 Å². The van der Waals surface area contributed by atoms with Crippen molar-refractivity contribution in [2.45, 2.75) is 26.8 Å². The van der Waals surface area contributed by atoms with Crippen LogP contribution in [0.25, 0.3) is 0 Å². The van der Waals surface area contributed by atoms with Crippen molar-refractivity contribution >= 4 is 11.9 Å². The SMILES string of the molecule is Cc1ccc(CNCC(CC(=O)O)C(=O)O)c(C)c1. The second-order valence-electron chi connectivity index (χ2n) is 4.69. The maximum Gasteiger partial charge on any atom is 0.308 e. The van der Waals surface area contributed by atoms with Gasteiger partial charge in [-0.1, -0.05) is 23.8 Å². The third-order valence-corrected chi connectivity index (χ3v) is 2.97. The average Bonchev–Trinajstić information content (AvgIpc) is 2.29. The minimum Gasteiger partial charge on any atom is -0.481 e. The van der Waals surface area contributed by atoms with Crippen LogP contribution in [0.3, 0.4) is 0 Å². The molecule has 0 aliphatic heterocycles. The highest BCUT2D eigenvalue weighted by Gasteiger charge is 2.20. The van der Waals surface area contributed by atoms with Crippen LogP contribution in [0.5, 0.6) is 0 Å². The molecule has 19 heavy (non-hydrogen) atoms. The van der Waals surface area contributed by atoms with E-state index in [0.29, 0.717) is 6.54 Å². The molecule has 1 aromatic carbocycles. The average molecular weight is 265 g/mol. The van der Waals surface area contributed by atoms with Gasteiger partial charge >= 0.3 is 11.9 Å². The van der Waals surface area contributed by atoms with Gasteiger partial charge in [0.2, 0.25) is 0 Å². The molecule has 0 aliphatic carbocycles. The lowest BCUT2D eigenvalue weighted by molar-refractivity contribution is -0.148. The number of carbonyl (C=O) groups is 2. The molecule has 104 valence electrons. The summed E-state index contributed by atoms with van der Waals surface area (Å²) in [5.41, 5.74) is 3.40. The van der Waals surface area contributed by atoms with E-state index < -0.39 is 17.9 Å². The maximum absolute atomic E-state index is 10.9. The number of carboxylic acids is 2. The lowest BCUT2D eigenvalue weighted by Crippen LogP contribution is -2.30. The highest BCUT2D eigenvalue weighted by atomic mass is 16.4. The van der Waals surface area contributed by atoms with Crippen molar-refractivity contribution in [2.75, 3.05) is 6.54 Å². The summed E-state index contributed by atoms with van der Waals surface area (Å²) >= 11 is 0. The van der Waals surface area contributed by atoms with Gasteiger partial charge in [0, 0.05) is 13.1 Å². The zero-order chi connectivity index (χ0) is 14.4. The number of nitrogens with one attached hydrogen (secondary N) is 1. The van der Waals surface area contributed by atoms with Gasteiger partial charge in [-0.25, -0.2) is 0 Å². The van der Waals surface area contributed by atoms with E-state index in [1.54, 1.807) is 0 Å². The Bertz CT molecular complexity index is 471. The van der Waals surface area contributed by atoms with E-state index >= 15 is 0 Å². The van der Waals surface area contributed by atoms with Gasteiger partial charge in [-0.05, 0) is 25.0 Å². The highest BCUT2D eigenvalue weighted by Crippen LogP contribution is 2.10. The molecule has 5 nitrogen and oxygen atoms in total. The molecule has 0 saturated heterocycles. The molecule has 0 aliphatic rings. The Morgan fingerprint density at radius 3 is 2.47 bits per heavy atom. The quantitative estimate of drug-likeness (QED) is 0.696. The third-order valence-electron chi connectivity index (χ3n) is 2.97. The zero-order valence-electron chi connectivity index (χ0n) is 11.1. The first-order chi connectivity index (χ1) is 8.90. The number of carboxylic acid groups (broad SMARTS) is 2. The number of rotatable bonds is 7. The Labute approximate surface area is 112 Å². The molecule has 0 spiro atoms. The van der Waals surface area contributed by atoms with Crippen LogP contribution >= 0.6 is 0 Å². The number of aliphatic carboxylic acids is 2. The molecule has 1 rings (SSSR count). The minimum atomic E-state index is -1.10. The molecule has 3 N–H and O–H groups in total. The van der Waals surface area contributed by atoms with E-state index in [1.807, 2.05) is 26.0 Å². The number of hydrogen-bond donors (Lipinski definition) is 3. The number of hydrogen-bond acceptors (Lipinski definition) is 3. The lowest BCUT2D eigenvalue weighted by Gasteiger charge is -2.12. The van der Waals surface area contributed by atoms with Crippen LogP contribution in [0.1, 0.15) is 23.1 Å². The predicted octanol–water partition coefficient (Wildman–Crippen LogP) is 1.57. The topological polar surface area (TPSA) is 86.6 Å².